The van der Waals surface area contributed by atoms with Crippen molar-refractivity contribution < 1.29 is 32.3 Å². The molecule has 142 valence electrons. The van der Waals surface area contributed by atoms with Gasteiger partial charge in [0.05, 0.1) is 22.9 Å². The Hall–Kier alpha value is -3.44. The molecule has 3 rings (SSSR count). The third-order valence-corrected chi connectivity index (χ3v) is 4.14. The van der Waals surface area contributed by atoms with Crippen LogP contribution in [0.25, 0.3) is 5.69 Å². The van der Waals surface area contributed by atoms with Crippen molar-refractivity contribution in [2.45, 2.75) is 11.8 Å². The van der Waals surface area contributed by atoms with Gasteiger partial charge in [-0.05, 0) is 18.2 Å². The molecule has 1 aliphatic heterocycles. The second-order valence-corrected chi connectivity index (χ2v) is 5.68. The minimum atomic E-state index is -5.58. The quantitative estimate of drug-likeness (QED) is 0.705. The van der Waals surface area contributed by atoms with E-state index in [1.54, 1.807) is 4.98 Å². The third-order valence-electron chi connectivity index (χ3n) is 4.14. The Kier molecular flexibility index (Phi) is 3.76. The van der Waals surface area contributed by atoms with Gasteiger partial charge in [-0.25, -0.2) is 9.18 Å². The molecule has 0 aliphatic carbocycles. The number of hydrogen-bond acceptors (Lipinski definition) is 5. The summed E-state index contributed by atoms with van der Waals surface area (Å²) in [6.07, 6.45) is -5.04. The number of benzene rings is 1. The summed E-state index contributed by atoms with van der Waals surface area (Å²) in [6.45, 7) is 0. The molecule has 1 atom stereocenters. The van der Waals surface area contributed by atoms with Crippen LogP contribution < -0.4 is 21.3 Å². The maximum Gasteiger partial charge on any atom is 0.436 e. The maximum atomic E-state index is 14.8. The van der Waals surface area contributed by atoms with E-state index in [4.69, 9.17) is 0 Å². The minimum absolute atomic E-state index is 0.374. The Balaban J connectivity index is 2.29. The summed E-state index contributed by atoms with van der Waals surface area (Å²) in [7, 11) is 0.953. The van der Waals surface area contributed by atoms with Gasteiger partial charge in [0.1, 0.15) is 0 Å². The highest BCUT2D eigenvalue weighted by Crippen LogP contribution is 2.52. The highest BCUT2D eigenvalue weighted by atomic mass is 19.4. The van der Waals surface area contributed by atoms with E-state index in [-0.39, 0.29) is 5.69 Å². The van der Waals surface area contributed by atoms with Crippen LogP contribution in [0.4, 0.5) is 23.2 Å². The number of hydrogen-bond donors (Lipinski definition) is 1. The number of anilines is 1. The van der Waals surface area contributed by atoms with E-state index in [1.807, 2.05) is 0 Å². The Bertz CT molecular complexity index is 1100. The highest BCUT2D eigenvalue weighted by molar-refractivity contribution is 6.07. The van der Waals surface area contributed by atoms with E-state index in [0.717, 1.165) is 19.2 Å². The first-order valence-corrected chi connectivity index (χ1v) is 7.15. The van der Waals surface area contributed by atoms with Crippen molar-refractivity contribution in [2.75, 3.05) is 11.9 Å². The van der Waals surface area contributed by atoms with E-state index >= 15 is 0 Å². The lowest BCUT2D eigenvalue weighted by atomic mass is 9.96. The zero-order valence-corrected chi connectivity index (χ0v) is 13.3. The van der Waals surface area contributed by atoms with Crippen molar-refractivity contribution in [1.29, 1.82) is 0 Å². The molecule has 1 amide bonds. The molecule has 27 heavy (non-hydrogen) atoms. The van der Waals surface area contributed by atoms with E-state index in [1.165, 1.54) is 0 Å². The summed E-state index contributed by atoms with van der Waals surface area (Å²) in [6, 6.07) is 2.61. The fraction of sp³-hybridized carbons (Fsp3) is 0.200. The number of amides is 1. The monoisotopic (exact) mass is 386 g/mol. The second kappa shape index (κ2) is 5.53. The van der Waals surface area contributed by atoms with Gasteiger partial charge in [0.2, 0.25) is 0 Å². The van der Waals surface area contributed by atoms with Gasteiger partial charge in [-0.15, -0.1) is 0 Å². The average molecular weight is 386 g/mol. The fourth-order valence-electron chi connectivity index (χ4n) is 2.78. The lowest BCUT2D eigenvalue weighted by Crippen LogP contribution is -2.46. The Morgan fingerprint density at radius 1 is 1.22 bits per heavy atom. The van der Waals surface area contributed by atoms with Gasteiger partial charge < -0.3 is 14.8 Å². The SMILES string of the molecule is CN1C(=O)C(F)(C(F)(F)F)c2cc(-n3cc(C(=O)[O-])c(=O)[nH]c3=O)ccc21. The second-order valence-electron chi connectivity index (χ2n) is 5.68. The molecule has 2 aromatic rings. The molecule has 0 saturated heterocycles. The number of alkyl halides is 4. The van der Waals surface area contributed by atoms with Crippen LogP contribution in [0, 0.1) is 0 Å². The van der Waals surface area contributed by atoms with Gasteiger partial charge in [0, 0.05) is 18.8 Å². The molecule has 12 heteroatoms. The van der Waals surface area contributed by atoms with Crippen molar-refractivity contribution in [2.24, 2.45) is 0 Å². The van der Waals surface area contributed by atoms with Gasteiger partial charge in [-0.1, -0.05) is 0 Å². The summed E-state index contributed by atoms with van der Waals surface area (Å²) < 4.78 is 55.0. The van der Waals surface area contributed by atoms with Crippen molar-refractivity contribution >= 4 is 17.6 Å². The smallest absolute Gasteiger partial charge is 0.436 e. The van der Waals surface area contributed by atoms with Gasteiger partial charge in [0.15, 0.2) is 0 Å². The molecule has 0 spiro atoms. The maximum absolute atomic E-state index is 14.8. The number of rotatable bonds is 2. The highest BCUT2D eigenvalue weighted by Gasteiger charge is 2.68. The predicted octanol–water partition coefficient (Wildman–Crippen LogP) is -0.407. The van der Waals surface area contributed by atoms with Crippen LogP contribution in [-0.2, 0) is 10.5 Å². The van der Waals surface area contributed by atoms with Crippen LogP contribution in [0.3, 0.4) is 0 Å². The number of nitrogens with one attached hydrogen (secondary N) is 1. The number of fused-ring (bicyclic) bond motifs is 1. The fourth-order valence-corrected chi connectivity index (χ4v) is 2.78. The first kappa shape index (κ1) is 18.4. The van der Waals surface area contributed by atoms with E-state index < -0.39 is 51.8 Å². The van der Waals surface area contributed by atoms with Gasteiger partial charge in [-0.2, -0.15) is 13.2 Å². The molecular weight excluding hydrogens is 378 g/mol. The zero-order valence-electron chi connectivity index (χ0n) is 13.3. The minimum Gasteiger partial charge on any atom is -0.545 e. The number of carbonyl (C=O) groups is 2. The van der Waals surface area contributed by atoms with Crippen molar-refractivity contribution in [3.8, 4) is 5.69 Å². The zero-order chi connectivity index (χ0) is 20.3. The summed E-state index contributed by atoms with van der Waals surface area (Å²) in [5.41, 5.74) is -9.59. The summed E-state index contributed by atoms with van der Waals surface area (Å²) in [4.78, 5) is 48.2. The number of halogens is 4. The summed E-state index contributed by atoms with van der Waals surface area (Å²) in [5, 5.41) is 10.9. The van der Waals surface area contributed by atoms with Crippen molar-refractivity contribution in [3.05, 3.63) is 56.4 Å². The standard InChI is InChI=1S/C15H9F4N3O5/c1-21-9-3-2-6(4-8(9)14(16,12(21)26)15(17,18)19)22-5-7(11(24)25)10(23)20-13(22)27/h2-5H,1H3,(H,24,25)(H,20,23,27)/p-1. The largest absolute Gasteiger partial charge is 0.545 e. The van der Waals surface area contributed by atoms with Crippen LogP contribution >= 0.6 is 0 Å². The van der Waals surface area contributed by atoms with Crippen LogP contribution in [-0.4, -0.2) is 34.7 Å². The topological polar surface area (TPSA) is 115 Å². The number of aromatic amines is 1. The first-order chi connectivity index (χ1) is 12.4. The molecule has 0 fully saturated rings. The molecule has 1 N–H and O–H groups in total. The number of H-pyrrole nitrogens is 1. The van der Waals surface area contributed by atoms with Crippen LogP contribution in [0.15, 0.2) is 34.0 Å². The number of carboxylic acid groups (broad SMARTS) is 1. The first-order valence-electron chi connectivity index (χ1n) is 7.15. The Morgan fingerprint density at radius 3 is 2.41 bits per heavy atom. The molecule has 1 unspecified atom stereocenters. The summed E-state index contributed by atoms with van der Waals surface area (Å²) >= 11 is 0. The average Bonchev–Trinajstić information content (AvgIpc) is 2.76. The number of likely N-dealkylation sites (N-methyl/N-ethyl adjacent to an activating group) is 1. The number of aromatic nitrogens is 2. The molecule has 0 radical (unpaired) electrons. The molecule has 0 saturated carbocycles. The van der Waals surface area contributed by atoms with E-state index in [0.29, 0.717) is 21.7 Å². The number of carbonyl (C=O) groups excluding carboxylic acids is 2. The van der Waals surface area contributed by atoms with Crippen molar-refractivity contribution in [1.82, 2.24) is 9.55 Å². The predicted molar refractivity (Wildman–Crippen MR) is 79.2 cm³/mol. The third kappa shape index (κ3) is 2.44. The van der Waals surface area contributed by atoms with Crippen LogP contribution in [0.2, 0.25) is 0 Å². The van der Waals surface area contributed by atoms with E-state index in [2.05, 4.69) is 0 Å². The Labute approximate surface area is 146 Å². The Morgan fingerprint density at radius 2 is 1.85 bits per heavy atom. The van der Waals surface area contributed by atoms with Crippen LogP contribution in [0.5, 0.6) is 0 Å². The lowest BCUT2D eigenvalue weighted by molar-refractivity contribution is -0.255. The number of nitrogens with zero attached hydrogens (tertiary/aromatic N) is 2. The molecule has 8 nitrogen and oxygen atoms in total. The molecular formula is C15H8F4N3O5-. The van der Waals surface area contributed by atoms with Crippen LogP contribution in [0.1, 0.15) is 15.9 Å². The molecule has 2 heterocycles. The lowest BCUT2D eigenvalue weighted by Gasteiger charge is -2.22. The molecule has 1 aromatic heterocycles. The normalized spacial score (nSPS) is 19.3. The van der Waals surface area contributed by atoms with Gasteiger partial charge in [-0.3, -0.25) is 19.1 Å². The number of aromatic carboxylic acids is 1. The molecule has 1 aliphatic rings. The van der Waals surface area contributed by atoms with Gasteiger partial charge in [0.25, 0.3) is 11.5 Å². The summed E-state index contributed by atoms with van der Waals surface area (Å²) in [5.74, 6) is -3.79. The van der Waals surface area contributed by atoms with E-state index in [9.17, 15) is 41.8 Å². The molecule has 0 bridgehead atoms. The van der Waals surface area contributed by atoms with Crippen molar-refractivity contribution in [3.63, 3.8) is 0 Å². The molecule has 1 aromatic carbocycles. The number of carboxylic acids is 1. The van der Waals surface area contributed by atoms with Gasteiger partial charge >= 0.3 is 17.5 Å².